The highest BCUT2D eigenvalue weighted by atomic mass is 16.7. The molecule has 0 aromatic heterocycles. The largest absolute Gasteiger partial charge is 0.392 e. The Kier molecular flexibility index (Phi) is 8.53. The highest BCUT2D eigenvalue weighted by Crippen LogP contribution is 2.14. The van der Waals surface area contributed by atoms with Gasteiger partial charge in [0.1, 0.15) is 0 Å². The van der Waals surface area contributed by atoms with Crippen molar-refractivity contribution in [2.45, 2.75) is 47.0 Å². The summed E-state index contributed by atoms with van der Waals surface area (Å²) >= 11 is 0. The van der Waals surface area contributed by atoms with Crippen LogP contribution < -0.4 is 0 Å². The number of aliphatic hydroxyl groups is 1. The van der Waals surface area contributed by atoms with Crippen LogP contribution in [0.15, 0.2) is 12.2 Å². The summed E-state index contributed by atoms with van der Waals surface area (Å²) in [5.41, 5.74) is 0. The fourth-order valence-corrected chi connectivity index (χ4v) is 1.47. The molecule has 0 aromatic carbocycles. The minimum atomic E-state index is -0.319. The molecule has 1 N–H and O–H groups in total. The summed E-state index contributed by atoms with van der Waals surface area (Å²) in [6, 6.07) is 0. The second-order valence-corrected chi connectivity index (χ2v) is 4.26. The summed E-state index contributed by atoms with van der Waals surface area (Å²) in [5.74, 6) is 0.376. The van der Waals surface area contributed by atoms with Crippen LogP contribution in [0.3, 0.4) is 0 Å². The Morgan fingerprint density at radius 1 is 1.00 bits per heavy atom. The molecule has 0 radical (unpaired) electrons. The van der Waals surface area contributed by atoms with Gasteiger partial charge in [-0.1, -0.05) is 26.8 Å². The van der Waals surface area contributed by atoms with E-state index in [0.29, 0.717) is 13.2 Å². The molecule has 2 atom stereocenters. The minimum absolute atomic E-state index is 0.114. The van der Waals surface area contributed by atoms with Crippen molar-refractivity contribution in [1.82, 2.24) is 0 Å². The van der Waals surface area contributed by atoms with Gasteiger partial charge >= 0.3 is 0 Å². The summed E-state index contributed by atoms with van der Waals surface area (Å²) < 4.78 is 10.8. The Hall–Kier alpha value is -0.380. The predicted molar refractivity (Wildman–Crippen MR) is 66.2 cm³/mol. The van der Waals surface area contributed by atoms with Crippen LogP contribution in [0.5, 0.6) is 0 Å². The quantitative estimate of drug-likeness (QED) is 0.514. The van der Waals surface area contributed by atoms with Crippen molar-refractivity contribution in [3.8, 4) is 0 Å². The van der Waals surface area contributed by atoms with Gasteiger partial charge in [0.25, 0.3) is 0 Å². The molecule has 16 heavy (non-hydrogen) atoms. The molecule has 0 aromatic rings. The zero-order valence-electron chi connectivity index (χ0n) is 11.1. The molecule has 96 valence electrons. The van der Waals surface area contributed by atoms with Crippen molar-refractivity contribution >= 4 is 0 Å². The normalized spacial score (nSPS) is 16.2. The van der Waals surface area contributed by atoms with Crippen molar-refractivity contribution in [1.29, 1.82) is 0 Å². The number of aliphatic hydroxyl groups excluding tert-OH is 1. The van der Waals surface area contributed by atoms with Crippen molar-refractivity contribution in [3.63, 3.8) is 0 Å². The van der Waals surface area contributed by atoms with Crippen LogP contribution in [-0.4, -0.2) is 30.7 Å². The van der Waals surface area contributed by atoms with Crippen molar-refractivity contribution in [2.75, 3.05) is 13.2 Å². The summed E-state index contributed by atoms with van der Waals surface area (Å²) in [5, 5.41) is 9.83. The zero-order valence-corrected chi connectivity index (χ0v) is 11.1. The summed E-state index contributed by atoms with van der Waals surface area (Å²) in [4.78, 5) is 0. The van der Waals surface area contributed by atoms with Crippen LogP contribution in [0.2, 0.25) is 0 Å². The van der Waals surface area contributed by atoms with E-state index in [1.807, 2.05) is 46.8 Å². The fourth-order valence-electron chi connectivity index (χ4n) is 1.47. The molecular formula is C13H26O3. The van der Waals surface area contributed by atoms with Gasteiger partial charge in [-0.15, -0.1) is 0 Å². The van der Waals surface area contributed by atoms with E-state index in [-0.39, 0.29) is 24.2 Å². The van der Waals surface area contributed by atoms with Gasteiger partial charge in [0.2, 0.25) is 0 Å². The van der Waals surface area contributed by atoms with Gasteiger partial charge in [-0.2, -0.15) is 0 Å². The fraction of sp³-hybridized carbons (Fsp3) is 0.846. The molecule has 0 aliphatic heterocycles. The van der Waals surface area contributed by atoms with E-state index in [0.717, 1.165) is 0 Å². The Morgan fingerprint density at radius 2 is 1.50 bits per heavy atom. The Bertz CT molecular complexity index is 180. The Balaban J connectivity index is 4.19. The molecule has 3 heteroatoms. The summed E-state index contributed by atoms with van der Waals surface area (Å²) in [6.45, 7) is 11.1. The van der Waals surface area contributed by atoms with Gasteiger partial charge in [0, 0.05) is 19.1 Å². The van der Waals surface area contributed by atoms with E-state index in [1.54, 1.807) is 0 Å². The molecule has 0 heterocycles. The van der Waals surface area contributed by atoms with Crippen LogP contribution >= 0.6 is 0 Å². The van der Waals surface area contributed by atoms with Gasteiger partial charge in [0.05, 0.1) is 6.10 Å². The van der Waals surface area contributed by atoms with E-state index >= 15 is 0 Å². The maximum atomic E-state index is 9.83. The maximum absolute atomic E-state index is 9.83. The third-order valence-corrected chi connectivity index (χ3v) is 2.46. The summed E-state index contributed by atoms with van der Waals surface area (Å²) in [7, 11) is 0. The number of hydrogen-bond acceptors (Lipinski definition) is 3. The molecular weight excluding hydrogens is 204 g/mol. The van der Waals surface area contributed by atoms with Gasteiger partial charge in [-0.25, -0.2) is 0 Å². The SMILES string of the molecule is CCOC(/C=C/[C@H](C)[C@@H](O)C(C)C)OCC. The van der Waals surface area contributed by atoms with Crippen LogP contribution in [0.1, 0.15) is 34.6 Å². The summed E-state index contributed by atoms with van der Waals surface area (Å²) in [6.07, 6.45) is 3.22. The van der Waals surface area contributed by atoms with Crippen LogP contribution in [0.25, 0.3) is 0 Å². The zero-order chi connectivity index (χ0) is 12.6. The second-order valence-electron chi connectivity index (χ2n) is 4.26. The first-order chi connectivity index (χ1) is 7.52. The number of hydrogen-bond donors (Lipinski definition) is 1. The lowest BCUT2D eigenvalue weighted by molar-refractivity contribution is -0.104. The molecule has 0 amide bonds. The van der Waals surface area contributed by atoms with Crippen LogP contribution in [0.4, 0.5) is 0 Å². The number of rotatable bonds is 8. The minimum Gasteiger partial charge on any atom is -0.392 e. The van der Waals surface area contributed by atoms with Crippen molar-refractivity contribution in [2.24, 2.45) is 11.8 Å². The molecule has 0 saturated carbocycles. The molecule has 0 rings (SSSR count). The van der Waals surface area contributed by atoms with Crippen LogP contribution in [0, 0.1) is 11.8 Å². The predicted octanol–water partition coefficient (Wildman–Crippen LogP) is 2.59. The third-order valence-electron chi connectivity index (χ3n) is 2.46. The standard InChI is InChI=1S/C13H26O3/c1-6-15-12(16-7-2)9-8-11(5)13(14)10(3)4/h8-14H,6-7H2,1-5H3/b9-8+/t11-,13-/m0/s1. The molecule has 0 bridgehead atoms. The van der Waals surface area contributed by atoms with E-state index in [2.05, 4.69) is 0 Å². The van der Waals surface area contributed by atoms with E-state index in [9.17, 15) is 5.11 Å². The smallest absolute Gasteiger partial charge is 0.176 e. The van der Waals surface area contributed by atoms with Crippen molar-refractivity contribution < 1.29 is 14.6 Å². The molecule has 0 fully saturated rings. The average molecular weight is 230 g/mol. The number of ether oxygens (including phenoxy) is 2. The lowest BCUT2D eigenvalue weighted by Gasteiger charge is -2.20. The topological polar surface area (TPSA) is 38.7 Å². The maximum Gasteiger partial charge on any atom is 0.176 e. The molecule has 0 unspecified atom stereocenters. The van der Waals surface area contributed by atoms with Crippen molar-refractivity contribution in [3.05, 3.63) is 12.2 Å². The van der Waals surface area contributed by atoms with Gasteiger partial charge in [0.15, 0.2) is 6.29 Å². The monoisotopic (exact) mass is 230 g/mol. The molecule has 3 nitrogen and oxygen atoms in total. The van der Waals surface area contributed by atoms with E-state index < -0.39 is 0 Å². The van der Waals surface area contributed by atoms with E-state index in [4.69, 9.17) is 9.47 Å². The van der Waals surface area contributed by atoms with Crippen LogP contribution in [-0.2, 0) is 9.47 Å². The third kappa shape index (κ3) is 6.26. The van der Waals surface area contributed by atoms with E-state index in [1.165, 1.54) is 0 Å². The van der Waals surface area contributed by atoms with Gasteiger partial charge in [-0.3, -0.25) is 0 Å². The Labute approximate surface area is 99.5 Å². The van der Waals surface area contributed by atoms with Gasteiger partial charge < -0.3 is 14.6 Å². The first-order valence-corrected chi connectivity index (χ1v) is 6.12. The first kappa shape index (κ1) is 15.6. The Morgan fingerprint density at radius 3 is 1.88 bits per heavy atom. The first-order valence-electron chi connectivity index (χ1n) is 6.12. The highest BCUT2D eigenvalue weighted by Gasteiger charge is 2.15. The molecule has 0 aliphatic carbocycles. The molecule has 0 saturated heterocycles. The average Bonchev–Trinajstić information content (AvgIpc) is 2.24. The molecule has 0 aliphatic rings. The highest BCUT2D eigenvalue weighted by molar-refractivity contribution is 4.92. The lowest BCUT2D eigenvalue weighted by Crippen LogP contribution is -2.23. The molecule has 0 spiro atoms. The van der Waals surface area contributed by atoms with Gasteiger partial charge in [-0.05, 0) is 25.8 Å². The second kappa shape index (κ2) is 8.74. The lowest BCUT2D eigenvalue weighted by atomic mass is 9.94.